The van der Waals surface area contributed by atoms with E-state index in [0.29, 0.717) is 23.8 Å². The van der Waals surface area contributed by atoms with Gasteiger partial charge in [0.15, 0.2) is 17.2 Å². The summed E-state index contributed by atoms with van der Waals surface area (Å²) >= 11 is 0. The Kier molecular flexibility index (Phi) is 4.09. The SMILES string of the molecule is COc1ccc(-c2c[nH]c3c2-n2cccc2/C3=N/O)cc1OCc1ccccc1. The fraction of sp³-hybridized carbons (Fsp3) is 0.0870. The average Bonchev–Trinajstić information content (AvgIpc) is 3.46. The molecule has 0 radical (unpaired) electrons. The van der Waals surface area contributed by atoms with E-state index in [1.807, 2.05) is 77.6 Å². The number of rotatable bonds is 5. The normalized spacial score (nSPS) is 13.3. The zero-order valence-corrected chi connectivity index (χ0v) is 15.8. The highest BCUT2D eigenvalue weighted by atomic mass is 16.5. The number of fused-ring (bicyclic) bond motifs is 3. The van der Waals surface area contributed by atoms with Crippen LogP contribution in [0.1, 0.15) is 17.0 Å². The standard InChI is InChI=1S/C23H19N3O3/c1-28-19-10-9-16(12-20(19)29-14-15-6-3-2-4-7-15)17-13-24-22-21(25-27)18-8-5-11-26(18)23(17)22/h2-13,24,27H,14H2,1H3/b25-21-. The molecule has 0 unspecified atom stereocenters. The third-order valence-electron chi connectivity index (χ3n) is 5.13. The Morgan fingerprint density at radius 3 is 2.69 bits per heavy atom. The van der Waals surface area contributed by atoms with Gasteiger partial charge in [-0.25, -0.2) is 0 Å². The van der Waals surface area contributed by atoms with Gasteiger partial charge < -0.3 is 24.2 Å². The Labute approximate surface area is 167 Å². The van der Waals surface area contributed by atoms with Crippen molar-refractivity contribution >= 4 is 5.71 Å². The summed E-state index contributed by atoms with van der Waals surface area (Å²) < 4.78 is 13.6. The van der Waals surface area contributed by atoms with Gasteiger partial charge in [-0.2, -0.15) is 0 Å². The van der Waals surface area contributed by atoms with Crippen LogP contribution < -0.4 is 9.47 Å². The van der Waals surface area contributed by atoms with Gasteiger partial charge in [0.1, 0.15) is 6.61 Å². The van der Waals surface area contributed by atoms with Crippen LogP contribution in [0.15, 0.2) is 78.2 Å². The zero-order chi connectivity index (χ0) is 19.8. The molecule has 29 heavy (non-hydrogen) atoms. The third-order valence-corrected chi connectivity index (χ3v) is 5.13. The van der Waals surface area contributed by atoms with Gasteiger partial charge >= 0.3 is 0 Å². The van der Waals surface area contributed by atoms with Crippen LogP contribution in [0.25, 0.3) is 16.8 Å². The van der Waals surface area contributed by atoms with E-state index in [-0.39, 0.29) is 0 Å². The largest absolute Gasteiger partial charge is 0.493 e. The molecule has 0 saturated heterocycles. The predicted octanol–water partition coefficient (Wildman–Crippen LogP) is 4.60. The van der Waals surface area contributed by atoms with E-state index in [9.17, 15) is 5.21 Å². The van der Waals surface area contributed by atoms with Gasteiger partial charge in [-0.1, -0.05) is 41.6 Å². The summed E-state index contributed by atoms with van der Waals surface area (Å²) in [5.74, 6) is 1.35. The van der Waals surface area contributed by atoms with Gasteiger partial charge in [-0.3, -0.25) is 0 Å². The lowest BCUT2D eigenvalue weighted by molar-refractivity contribution is 0.284. The lowest BCUT2D eigenvalue weighted by Crippen LogP contribution is -1.99. The molecule has 5 rings (SSSR count). The first-order valence-corrected chi connectivity index (χ1v) is 9.27. The molecule has 144 valence electrons. The number of nitrogens with one attached hydrogen (secondary N) is 1. The number of ether oxygens (including phenoxy) is 2. The minimum atomic E-state index is 0.453. The van der Waals surface area contributed by atoms with Crippen LogP contribution in [0, 0.1) is 0 Å². The molecule has 2 N–H and O–H groups in total. The predicted molar refractivity (Wildman–Crippen MR) is 110 cm³/mol. The number of hydrogen-bond donors (Lipinski definition) is 2. The van der Waals surface area contributed by atoms with E-state index in [4.69, 9.17) is 9.47 Å². The van der Waals surface area contributed by atoms with Crippen molar-refractivity contribution in [2.45, 2.75) is 6.61 Å². The van der Waals surface area contributed by atoms with Gasteiger partial charge in [-0.15, -0.1) is 0 Å². The minimum absolute atomic E-state index is 0.453. The fourth-order valence-electron chi connectivity index (χ4n) is 3.76. The number of aromatic amines is 1. The second-order valence-electron chi connectivity index (χ2n) is 6.78. The second kappa shape index (κ2) is 6.91. The van der Waals surface area contributed by atoms with Crippen molar-refractivity contribution < 1.29 is 14.7 Å². The molecule has 1 aliphatic heterocycles. The van der Waals surface area contributed by atoms with Gasteiger partial charge in [-0.05, 0) is 35.4 Å². The Bertz CT molecular complexity index is 1210. The van der Waals surface area contributed by atoms with Crippen molar-refractivity contribution in [2.75, 3.05) is 7.11 Å². The number of aromatic nitrogens is 2. The molecule has 0 aliphatic carbocycles. The third kappa shape index (κ3) is 2.77. The van der Waals surface area contributed by atoms with Gasteiger partial charge in [0, 0.05) is 18.0 Å². The topological polar surface area (TPSA) is 71.8 Å². The second-order valence-corrected chi connectivity index (χ2v) is 6.78. The molecular weight excluding hydrogens is 366 g/mol. The molecular formula is C23H19N3O3. The summed E-state index contributed by atoms with van der Waals surface area (Å²) in [6.07, 6.45) is 3.88. The van der Waals surface area contributed by atoms with Crippen LogP contribution >= 0.6 is 0 Å². The van der Waals surface area contributed by atoms with E-state index in [0.717, 1.165) is 33.8 Å². The van der Waals surface area contributed by atoms with E-state index in [2.05, 4.69) is 10.1 Å². The summed E-state index contributed by atoms with van der Waals surface area (Å²) in [7, 11) is 1.63. The first-order valence-electron chi connectivity index (χ1n) is 9.27. The van der Waals surface area contributed by atoms with E-state index >= 15 is 0 Å². The van der Waals surface area contributed by atoms with E-state index < -0.39 is 0 Å². The number of benzene rings is 2. The van der Waals surface area contributed by atoms with Crippen LogP contribution in [0.4, 0.5) is 0 Å². The number of methoxy groups -OCH3 is 1. The number of H-pyrrole nitrogens is 1. The molecule has 6 heteroatoms. The molecule has 0 bridgehead atoms. The summed E-state index contributed by atoms with van der Waals surface area (Å²) in [5, 5.41) is 12.9. The molecule has 1 aliphatic rings. The van der Waals surface area contributed by atoms with Gasteiger partial charge in [0.05, 0.1) is 24.2 Å². The molecule has 0 amide bonds. The number of nitrogens with zero attached hydrogens (tertiary/aromatic N) is 2. The highest BCUT2D eigenvalue weighted by Gasteiger charge is 2.29. The zero-order valence-electron chi connectivity index (χ0n) is 15.8. The highest BCUT2D eigenvalue weighted by Crippen LogP contribution is 2.40. The molecule has 6 nitrogen and oxygen atoms in total. The summed E-state index contributed by atoms with van der Waals surface area (Å²) in [6.45, 7) is 0.453. The first kappa shape index (κ1) is 17.2. The fourth-order valence-corrected chi connectivity index (χ4v) is 3.76. The Hall–Kier alpha value is -3.93. The summed E-state index contributed by atoms with van der Waals surface area (Å²) in [4.78, 5) is 3.24. The quantitative estimate of drug-likeness (QED) is 0.343. The lowest BCUT2D eigenvalue weighted by Gasteiger charge is -2.13. The Morgan fingerprint density at radius 2 is 1.90 bits per heavy atom. The van der Waals surface area contributed by atoms with Crippen LogP contribution in [-0.4, -0.2) is 27.6 Å². The molecule has 2 aromatic carbocycles. The number of oxime groups is 1. The van der Waals surface area contributed by atoms with Crippen molar-refractivity contribution in [1.82, 2.24) is 9.55 Å². The molecule has 0 saturated carbocycles. The maximum absolute atomic E-state index is 9.47. The van der Waals surface area contributed by atoms with Crippen LogP contribution in [-0.2, 0) is 6.61 Å². The monoisotopic (exact) mass is 385 g/mol. The minimum Gasteiger partial charge on any atom is -0.493 e. The average molecular weight is 385 g/mol. The van der Waals surface area contributed by atoms with Gasteiger partial charge in [0.25, 0.3) is 0 Å². The van der Waals surface area contributed by atoms with Crippen molar-refractivity contribution in [3.63, 3.8) is 0 Å². The summed E-state index contributed by atoms with van der Waals surface area (Å²) in [6, 6.07) is 19.7. The van der Waals surface area contributed by atoms with Crippen molar-refractivity contribution in [3.8, 4) is 28.3 Å². The summed E-state index contributed by atoms with van der Waals surface area (Å²) in [5.41, 5.74) is 6.18. The molecule has 3 heterocycles. The lowest BCUT2D eigenvalue weighted by atomic mass is 10.1. The van der Waals surface area contributed by atoms with Crippen molar-refractivity contribution in [1.29, 1.82) is 0 Å². The maximum Gasteiger partial charge on any atom is 0.162 e. The molecule has 4 aromatic rings. The molecule has 0 atom stereocenters. The van der Waals surface area contributed by atoms with Crippen LogP contribution in [0.5, 0.6) is 11.5 Å². The highest BCUT2D eigenvalue weighted by molar-refractivity contribution is 6.17. The van der Waals surface area contributed by atoms with Crippen LogP contribution in [0.3, 0.4) is 0 Å². The Balaban J connectivity index is 1.54. The Morgan fingerprint density at radius 1 is 1.03 bits per heavy atom. The number of hydrogen-bond acceptors (Lipinski definition) is 4. The molecule has 0 spiro atoms. The molecule has 0 fully saturated rings. The molecule has 2 aromatic heterocycles. The van der Waals surface area contributed by atoms with Crippen molar-refractivity contribution in [3.05, 3.63) is 90.0 Å². The van der Waals surface area contributed by atoms with Crippen molar-refractivity contribution in [2.24, 2.45) is 5.16 Å². The first-order chi connectivity index (χ1) is 14.3. The van der Waals surface area contributed by atoms with E-state index in [1.165, 1.54) is 0 Å². The van der Waals surface area contributed by atoms with Crippen LogP contribution in [0.2, 0.25) is 0 Å². The van der Waals surface area contributed by atoms with E-state index in [1.54, 1.807) is 7.11 Å². The van der Waals surface area contributed by atoms with Gasteiger partial charge in [0.2, 0.25) is 0 Å². The smallest absolute Gasteiger partial charge is 0.162 e. The maximum atomic E-state index is 9.47.